The number of thioether (sulfide) groups is 1. The molecule has 18 heteroatoms. The van der Waals surface area contributed by atoms with E-state index in [4.69, 9.17) is 47.4 Å². The SMILES string of the molecule is CC(=O)OC[C@@H]1O[C@@H](O[C@H]2[C@@H](OC(C)=O)[C@@H](OC(C)=O)[C@@H](Sc3ccccc3)O[C@H]2COC(C)=O)[C@@H](OC(C)=O)[C@@H](OC(C)=O)[C@@H]1OC(C)=O. The maximum atomic E-state index is 12.5. The van der Waals surface area contributed by atoms with Crippen molar-refractivity contribution in [1.29, 1.82) is 0 Å². The van der Waals surface area contributed by atoms with Gasteiger partial charge in [-0.3, -0.25) is 33.6 Å². The van der Waals surface area contributed by atoms with Crippen molar-refractivity contribution >= 4 is 53.5 Å². The Bertz CT molecular complexity index is 1390. The van der Waals surface area contributed by atoms with E-state index in [1.807, 2.05) is 0 Å². The van der Waals surface area contributed by atoms with Crippen molar-refractivity contribution < 1.29 is 80.9 Å². The standard InChI is InChI=1S/C32H40O17S/c1-15(33)40-13-23-25(42-17(3)35)27(43-18(4)36)29(45-20(6)38)31(47-23)49-26-24(14-41-16(2)34)48-32(50-22-11-9-8-10-12-22)30(46-21(7)39)28(26)44-19(5)37/h8-12,23-32H,13-14H2,1-7H3/t23-,24-,25+,26+,27-,28+,29-,30+,31-,32+/m0/s1. The third kappa shape index (κ3) is 12.0. The maximum absolute atomic E-state index is 12.5. The van der Waals surface area contributed by atoms with Crippen molar-refractivity contribution in [2.75, 3.05) is 13.2 Å². The average molecular weight is 729 g/mol. The fraction of sp³-hybridized carbons (Fsp3) is 0.594. The van der Waals surface area contributed by atoms with Crippen LogP contribution in [-0.2, 0) is 80.9 Å². The lowest BCUT2D eigenvalue weighted by Crippen LogP contribution is -2.66. The highest BCUT2D eigenvalue weighted by atomic mass is 32.2. The number of carbonyl (C=O) groups is 7. The summed E-state index contributed by atoms with van der Waals surface area (Å²) < 4.78 is 56.8. The number of esters is 7. The topological polar surface area (TPSA) is 212 Å². The Balaban J connectivity index is 2.16. The first kappa shape index (κ1) is 40.2. The van der Waals surface area contributed by atoms with Gasteiger partial charge in [-0.25, -0.2) is 0 Å². The van der Waals surface area contributed by atoms with Gasteiger partial charge in [-0.05, 0) is 12.1 Å². The Hall–Kier alpha value is -4.26. The Morgan fingerprint density at radius 3 is 1.42 bits per heavy atom. The van der Waals surface area contributed by atoms with Crippen LogP contribution in [0.4, 0.5) is 0 Å². The summed E-state index contributed by atoms with van der Waals surface area (Å²) in [6.45, 7) is 6.66. The highest BCUT2D eigenvalue weighted by Gasteiger charge is 2.57. The molecule has 2 fully saturated rings. The monoisotopic (exact) mass is 728 g/mol. The van der Waals surface area contributed by atoms with Gasteiger partial charge in [0.2, 0.25) is 0 Å². The van der Waals surface area contributed by atoms with E-state index >= 15 is 0 Å². The lowest BCUT2D eigenvalue weighted by Gasteiger charge is -2.48. The number of benzene rings is 1. The van der Waals surface area contributed by atoms with Gasteiger partial charge < -0.3 is 47.4 Å². The van der Waals surface area contributed by atoms with Gasteiger partial charge in [-0.1, -0.05) is 30.0 Å². The van der Waals surface area contributed by atoms with E-state index in [1.165, 1.54) is 0 Å². The molecule has 1 aromatic rings. The molecule has 0 unspecified atom stereocenters. The zero-order valence-electron chi connectivity index (χ0n) is 28.4. The van der Waals surface area contributed by atoms with Crippen LogP contribution in [0.5, 0.6) is 0 Å². The van der Waals surface area contributed by atoms with Crippen LogP contribution in [0.15, 0.2) is 35.2 Å². The molecule has 0 aliphatic carbocycles. The molecule has 0 saturated carbocycles. The molecule has 0 bridgehead atoms. The first-order valence-corrected chi connectivity index (χ1v) is 16.2. The maximum Gasteiger partial charge on any atom is 0.303 e. The van der Waals surface area contributed by atoms with Crippen molar-refractivity contribution in [3.63, 3.8) is 0 Å². The van der Waals surface area contributed by atoms with Crippen LogP contribution in [0.2, 0.25) is 0 Å². The molecule has 2 heterocycles. The predicted molar refractivity (Wildman–Crippen MR) is 166 cm³/mol. The van der Waals surface area contributed by atoms with Crippen molar-refractivity contribution in [2.45, 2.75) is 114 Å². The molecule has 0 N–H and O–H groups in total. The molecule has 2 aliphatic heterocycles. The van der Waals surface area contributed by atoms with E-state index in [2.05, 4.69) is 0 Å². The molecule has 0 radical (unpaired) electrons. The molecule has 0 spiro atoms. The predicted octanol–water partition coefficient (Wildman–Crippen LogP) is 1.40. The minimum absolute atomic E-state index is 0.471. The molecular weight excluding hydrogens is 688 g/mol. The second-order valence-corrected chi connectivity index (χ2v) is 12.3. The molecule has 1 aromatic carbocycles. The van der Waals surface area contributed by atoms with Crippen LogP contribution in [0.3, 0.4) is 0 Å². The summed E-state index contributed by atoms with van der Waals surface area (Å²) in [6, 6.07) is 8.85. The zero-order chi connectivity index (χ0) is 37.1. The highest BCUT2D eigenvalue weighted by Crippen LogP contribution is 2.39. The fourth-order valence-corrected chi connectivity index (χ4v) is 6.33. The fourth-order valence-electron chi connectivity index (χ4n) is 5.20. The van der Waals surface area contributed by atoms with Crippen molar-refractivity contribution in [2.24, 2.45) is 0 Å². The van der Waals surface area contributed by atoms with E-state index in [-0.39, 0.29) is 0 Å². The zero-order valence-corrected chi connectivity index (χ0v) is 29.2. The van der Waals surface area contributed by atoms with Crippen molar-refractivity contribution in [3.05, 3.63) is 30.3 Å². The minimum atomic E-state index is -1.75. The largest absolute Gasteiger partial charge is 0.463 e. The molecule has 50 heavy (non-hydrogen) atoms. The van der Waals surface area contributed by atoms with Crippen LogP contribution in [0, 0.1) is 0 Å². The number of hydrogen-bond acceptors (Lipinski definition) is 18. The number of ether oxygens (including phenoxy) is 10. The summed E-state index contributed by atoms with van der Waals surface area (Å²) in [6.07, 6.45) is -13.4. The van der Waals surface area contributed by atoms with Gasteiger partial charge in [-0.15, -0.1) is 0 Å². The van der Waals surface area contributed by atoms with Crippen molar-refractivity contribution in [1.82, 2.24) is 0 Å². The van der Waals surface area contributed by atoms with Gasteiger partial charge in [0.1, 0.15) is 37.0 Å². The Kier molecular flexibility index (Phi) is 15.0. The van der Waals surface area contributed by atoms with Crippen molar-refractivity contribution in [3.8, 4) is 0 Å². The van der Waals surface area contributed by atoms with E-state index in [1.54, 1.807) is 30.3 Å². The van der Waals surface area contributed by atoms with E-state index in [0.29, 0.717) is 4.90 Å². The Morgan fingerprint density at radius 2 is 0.940 bits per heavy atom. The van der Waals surface area contributed by atoms with Gasteiger partial charge >= 0.3 is 41.8 Å². The summed E-state index contributed by atoms with van der Waals surface area (Å²) in [5, 5.41) is 0. The van der Waals surface area contributed by atoms with Gasteiger partial charge in [0.15, 0.2) is 36.8 Å². The molecule has 276 valence electrons. The molecule has 0 amide bonds. The Labute approximate surface area is 291 Å². The lowest BCUT2D eigenvalue weighted by molar-refractivity contribution is -0.341. The van der Waals surface area contributed by atoms with Crippen LogP contribution in [0.1, 0.15) is 48.5 Å². The normalized spacial score (nSPS) is 29.0. The molecule has 2 aliphatic rings. The van der Waals surface area contributed by atoms with Gasteiger partial charge in [0.25, 0.3) is 0 Å². The minimum Gasteiger partial charge on any atom is -0.463 e. The van der Waals surface area contributed by atoms with E-state index in [9.17, 15) is 33.6 Å². The number of hydrogen-bond donors (Lipinski definition) is 0. The van der Waals surface area contributed by atoms with E-state index < -0.39 is 116 Å². The summed E-state index contributed by atoms with van der Waals surface area (Å²) in [4.78, 5) is 86.2. The first-order valence-electron chi connectivity index (χ1n) is 15.4. The smallest absolute Gasteiger partial charge is 0.303 e. The summed E-state index contributed by atoms with van der Waals surface area (Å²) in [5.74, 6) is -5.63. The quantitative estimate of drug-likeness (QED) is 0.207. The highest BCUT2D eigenvalue weighted by molar-refractivity contribution is 7.99. The number of carbonyl (C=O) groups excluding carboxylic acids is 7. The lowest BCUT2D eigenvalue weighted by atomic mass is 9.96. The summed E-state index contributed by atoms with van der Waals surface area (Å²) in [5.41, 5.74) is -1.05. The van der Waals surface area contributed by atoms with Gasteiger partial charge in [-0.2, -0.15) is 0 Å². The summed E-state index contributed by atoms with van der Waals surface area (Å²) >= 11 is 1.12. The van der Waals surface area contributed by atoms with Gasteiger partial charge in [0, 0.05) is 53.4 Å². The molecular formula is C32H40O17S. The van der Waals surface area contributed by atoms with Crippen LogP contribution in [0.25, 0.3) is 0 Å². The third-order valence-electron chi connectivity index (χ3n) is 6.88. The summed E-state index contributed by atoms with van der Waals surface area (Å²) in [7, 11) is 0. The first-order chi connectivity index (χ1) is 23.5. The van der Waals surface area contributed by atoms with Crippen LogP contribution >= 0.6 is 11.8 Å². The number of rotatable bonds is 13. The molecule has 2 saturated heterocycles. The third-order valence-corrected chi connectivity index (χ3v) is 8.04. The van der Waals surface area contributed by atoms with Gasteiger partial charge in [0.05, 0.1) is 0 Å². The second kappa shape index (κ2) is 18.7. The second-order valence-electron chi connectivity index (χ2n) is 11.1. The molecule has 10 atom stereocenters. The molecule has 0 aromatic heterocycles. The van der Waals surface area contributed by atoms with Crippen LogP contribution < -0.4 is 0 Å². The molecule has 3 rings (SSSR count). The molecule has 17 nitrogen and oxygen atoms in total. The Morgan fingerprint density at radius 1 is 0.520 bits per heavy atom. The van der Waals surface area contributed by atoms with Crippen LogP contribution in [-0.4, -0.2) is 116 Å². The van der Waals surface area contributed by atoms with E-state index in [0.717, 1.165) is 60.2 Å². The average Bonchev–Trinajstić information content (AvgIpc) is 3.00.